The van der Waals surface area contributed by atoms with Gasteiger partial charge in [-0.2, -0.15) is 5.10 Å². The number of esters is 1. The molecule has 0 radical (unpaired) electrons. The summed E-state index contributed by atoms with van der Waals surface area (Å²) in [7, 11) is 3.45. The van der Waals surface area contributed by atoms with Crippen molar-refractivity contribution in [1.29, 1.82) is 0 Å². The first-order valence-corrected chi connectivity index (χ1v) is 12.5. The fourth-order valence-corrected chi connectivity index (χ4v) is 6.46. The van der Waals surface area contributed by atoms with Gasteiger partial charge >= 0.3 is 5.97 Å². The molecular weight excluding hydrogens is 442 g/mol. The molecule has 9 heteroatoms. The fourth-order valence-electron chi connectivity index (χ4n) is 4.71. The average molecular weight is 476 g/mol. The quantitative estimate of drug-likeness (QED) is 0.536. The molecule has 1 fully saturated rings. The van der Waals surface area contributed by atoms with Crippen LogP contribution in [-0.4, -0.2) is 64.0 Å². The van der Waals surface area contributed by atoms with Crippen LogP contribution in [0.3, 0.4) is 0 Å². The molecule has 174 valence electrons. The summed E-state index contributed by atoms with van der Waals surface area (Å²) in [6.07, 6.45) is 3.05. The highest BCUT2D eigenvalue weighted by Crippen LogP contribution is 2.40. The van der Waals surface area contributed by atoms with E-state index in [1.165, 1.54) is 23.2 Å². The van der Waals surface area contributed by atoms with E-state index < -0.39 is 0 Å². The molecule has 1 aliphatic heterocycles. The molecule has 7 nitrogen and oxygen atoms in total. The molecule has 0 aromatic carbocycles. The van der Waals surface area contributed by atoms with Crippen molar-refractivity contribution >= 4 is 39.6 Å². The predicted octanol–water partition coefficient (Wildman–Crippen LogP) is 3.52. The van der Waals surface area contributed by atoms with Crippen molar-refractivity contribution in [1.82, 2.24) is 19.6 Å². The molecular formula is C23H33N5O2S2. The maximum atomic E-state index is 12.6. The summed E-state index contributed by atoms with van der Waals surface area (Å²) >= 11 is 7.42. The molecule has 0 saturated carbocycles. The molecule has 2 aliphatic rings. The lowest BCUT2D eigenvalue weighted by Crippen LogP contribution is -2.49. The molecule has 0 amide bonds. The molecule has 3 heterocycles. The second-order valence-electron chi connectivity index (χ2n) is 9.01. The van der Waals surface area contributed by atoms with Crippen molar-refractivity contribution in [3.05, 3.63) is 33.0 Å². The van der Waals surface area contributed by atoms with Crippen LogP contribution in [0.2, 0.25) is 0 Å². The van der Waals surface area contributed by atoms with E-state index in [1.54, 1.807) is 11.3 Å². The molecule has 1 saturated heterocycles. The number of thiocarbonyl (C=S) groups is 1. The Hall–Kier alpha value is -1.97. The zero-order valence-electron chi connectivity index (χ0n) is 19.7. The number of anilines is 1. The number of methoxy groups -OCH3 is 1. The molecule has 2 aromatic heterocycles. The monoisotopic (exact) mass is 475 g/mol. The molecule has 1 aliphatic carbocycles. The Bertz CT molecular complexity index is 1020. The summed E-state index contributed by atoms with van der Waals surface area (Å²) in [5.41, 5.74) is 5.49. The van der Waals surface area contributed by atoms with Gasteiger partial charge in [0.25, 0.3) is 0 Å². The molecule has 2 aromatic rings. The van der Waals surface area contributed by atoms with Gasteiger partial charge in [-0.05, 0) is 56.8 Å². The zero-order valence-corrected chi connectivity index (χ0v) is 21.3. The average Bonchev–Trinajstić information content (AvgIpc) is 3.24. The van der Waals surface area contributed by atoms with Crippen LogP contribution < -0.4 is 5.32 Å². The lowest BCUT2D eigenvalue weighted by molar-refractivity contribution is 0.0601. The third-order valence-corrected chi connectivity index (χ3v) is 8.35. The van der Waals surface area contributed by atoms with Crippen molar-refractivity contribution < 1.29 is 9.53 Å². The van der Waals surface area contributed by atoms with Gasteiger partial charge in [-0.15, -0.1) is 11.3 Å². The Kier molecular flexibility index (Phi) is 6.88. The lowest BCUT2D eigenvalue weighted by Gasteiger charge is -2.36. The Balaban J connectivity index is 1.41. The number of carbonyl (C=O) groups is 1. The second-order valence-corrected chi connectivity index (χ2v) is 10.5. The van der Waals surface area contributed by atoms with Crippen molar-refractivity contribution in [2.45, 2.75) is 46.6 Å². The van der Waals surface area contributed by atoms with Gasteiger partial charge < -0.3 is 15.0 Å². The van der Waals surface area contributed by atoms with Crippen LogP contribution >= 0.6 is 23.6 Å². The molecule has 1 atom stereocenters. The topological polar surface area (TPSA) is 62.6 Å². The van der Waals surface area contributed by atoms with E-state index in [1.807, 2.05) is 11.7 Å². The number of fused-ring (bicyclic) bond motifs is 1. The molecule has 32 heavy (non-hydrogen) atoms. The highest BCUT2D eigenvalue weighted by atomic mass is 32.1. The summed E-state index contributed by atoms with van der Waals surface area (Å²) in [6.45, 7) is 11.0. The molecule has 0 bridgehead atoms. The highest BCUT2D eigenvalue weighted by molar-refractivity contribution is 7.80. The van der Waals surface area contributed by atoms with Gasteiger partial charge in [-0.25, -0.2) is 4.79 Å². The van der Waals surface area contributed by atoms with E-state index >= 15 is 0 Å². The Labute approximate surface area is 199 Å². The number of piperazine rings is 1. The number of nitrogens with one attached hydrogen (secondary N) is 1. The van der Waals surface area contributed by atoms with Gasteiger partial charge in [0.1, 0.15) is 5.00 Å². The van der Waals surface area contributed by atoms with Gasteiger partial charge in [-0.3, -0.25) is 9.58 Å². The Morgan fingerprint density at radius 2 is 2.00 bits per heavy atom. The smallest absolute Gasteiger partial charge is 0.341 e. The summed E-state index contributed by atoms with van der Waals surface area (Å²) < 4.78 is 7.06. The third-order valence-electron chi connectivity index (χ3n) is 6.82. The van der Waals surface area contributed by atoms with Crippen LogP contribution in [0.5, 0.6) is 0 Å². The summed E-state index contributed by atoms with van der Waals surface area (Å²) in [4.78, 5) is 18.5. The minimum absolute atomic E-state index is 0.269. The number of rotatable bonds is 4. The van der Waals surface area contributed by atoms with Crippen LogP contribution in [0.4, 0.5) is 5.00 Å². The molecule has 1 unspecified atom stereocenters. The number of aryl methyl sites for hydroxylation is 2. The first-order valence-electron chi connectivity index (χ1n) is 11.3. The first-order chi connectivity index (χ1) is 15.3. The maximum absolute atomic E-state index is 12.6. The van der Waals surface area contributed by atoms with Crippen LogP contribution in [0.1, 0.15) is 51.1 Å². The van der Waals surface area contributed by atoms with E-state index in [-0.39, 0.29) is 5.97 Å². The second kappa shape index (κ2) is 9.49. The van der Waals surface area contributed by atoms with Crippen LogP contribution in [0.25, 0.3) is 0 Å². The predicted molar refractivity (Wildman–Crippen MR) is 133 cm³/mol. The minimum atomic E-state index is -0.269. The van der Waals surface area contributed by atoms with Crippen molar-refractivity contribution in [3.8, 4) is 0 Å². The summed E-state index contributed by atoms with van der Waals surface area (Å²) in [5.74, 6) is 0.376. The Morgan fingerprint density at radius 3 is 2.62 bits per heavy atom. The number of carbonyl (C=O) groups excluding carboxylic acids is 1. The van der Waals surface area contributed by atoms with Gasteiger partial charge in [0, 0.05) is 55.9 Å². The van der Waals surface area contributed by atoms with Gasteiger partial charge in [0.05, 0.1) is 18.4 Å². The fraction of sp³-hybridized carbons (Fsp3) is 0.609. The summed E-state index contributed by atoms with van der Waals surface area (Å²) in [5, 5.41) is 9.46. The standard InChI is InChI=1S/C23H33N5O2S2/c1-14-6-7-17-19(12-14)32-21(20(17)22(29)30-5)24-23(31)28-10-8-27(9-11-28)13-18-15(2)25-26(4)16(18)3/h14H,6-13H2,1-5H3,(H,24,31). The van der Waals surface area contributed by atoms with E-state index in [0.29, 0.717) is 16.6 Å². The van der Waals surface area contributed by atoms with Crippen LogP contribution in [0, 0.1) is 19.8 Å². The van der Waals surface area contributed by atoms with Crippen LogP contribution in [0.15, 0.2) is 0 Å². The van der Waals surface area contributed by atoms with E-state index in [0.717, 1.165) is 68.2 Å². The number of hydrogen-bond donors (Lipinski definition) is 1. The Morgan fingerprint density at radius 1 is 1.28 bits per heavy atom. The normalized spacial score (nSPS) is 19.0. The first kappa shape index (κ1) is 23.2. The van der Waals surface area contributed by atoms with Crippen LogP contribution in [-0.2, 0) is 31.2 Å². The zero-order chi connectivity index (χ0) is 23.0. The number of aromatic nitrogens is 2. The van der Waals surface area contributed by atoms with Gasteiger partial charge in [-0.1, -0.05) is 6.92 Å². The number of ether oxygens (including phenoxy) is 1. The van der Waals surface area contributed by atoms with Crippen molar-refractivity contribution in [2.24, 2.45) is 13.0 Å². The molecule has 1 N–H and O–H groups in total. The van der Waals surface area contributed by atoms with E-state index in [9.17, 15) is 4.79 Å². The van der Waals surface area contributed by atoms with Crippen molar-refractivity contribution in [3.63, 3.8) is 0 Å². The largest absolute Gasteiger partial charge is 0.465 e. The third kappa shape index (κ3) is 4.56. The SMILES string of the molecule is COC(=O)c1c(NC(=S)N2CCN(Cc3c(C)nn(C)c3C)CC2)sc2c1CCC(C)C2. The number of nitrogens with zero attached hydrogens (tertiary/aromatic N) is 4. The maximum Gasteiger partial charge on any atom is 0.341 e. The van der Waals surface area contributed by atoms with E-state index in [4.69, 9.17) is 17.0 Å². The molecule has 4 rings (SSSR count). The van der Waals surface area contributed by atoms with Crippen molar-refractivity contribution in [2.75, 3.05) is 38.6 Å². The minimum Gasteiger partial charge on any atom is -0.465 e. The number of thiophene rings is 1. The highest BCUT2D eigenvalue weighted by Gasteiger charge is 2.29. The summed E-state index contributed by atoms with van der Waals surface area (Å²) in [6, 6.07) is 0. The lowest BCUT2D eigenvalue weighted by atomic mass is 9.88. The van der Waals surface area contributed by atoms with Gasteiger partial charge in [0.2, 0.25) is 0 Å². The molecule has 0 spiro atoms. The van der Waals surface area contributed by atoms with Gasteiger partial charge in [0.15, 0.2) is 5.11 Å². The number of hydrogen-bond acceptors (Lipinski definition) is 6. The van der Waals surface area contributed by atoms with E-state index in [2.05, 4.69) is 41.0 Å².